The van der Waals surface area contributed by atoms with Gasteiger partial charge in [-0.25, -0.2) is 0 Å². The van der Waals surface area contributed by atoms with Gasteiger partial charge in [0.05, 0.1) is 7.11 Å². The van der Waals surface area contributed by atoms with Crippen molar-refractivity contribution in [2.75, 3.05) is 33.8 Å². The van der Waals surface area contributed by atoms with Gasteiger partial charge < -0.3 is 15.4 Å². The third-order valence-electron chi connectivity index (χ3n) is 3.24. The highest BCUT2D eigenvalue weighted by Crippen LogP contribution is 2.33. The van der Waals surface area contributed by atoms with Crippen LogP contribution in [0.2, 0.25) is 0 Å². The number of ether oxygens (including phenoxy) is 1. The predicted molar refractivity (Wildman–Crippen MR) is 61.2 cm³/mol. The monoisotopic (exact) mass is 206 g/mol. The number of methoxy groups -OCH3 is 1. The van der Waals surface area contributed by atoms with Crippen LogP contribution < -0.4 is 10.5 Å². The number of hydrogen-bond acceptors (Lipinski definition) is 3. The Balaban J connectivity index is 2.21. The van der Waals surface area contributed by atoms with Crippen LogP contribution in [0.5, 0.6) is 5.75 Å². The second-order valence-electron chi connectivity index (χ2n) is 4.39. The molecule has 0 spiro atoms. The standard InChI is InChI=1S/C12H18N2O/c1-14-8-12(7-13,9-14)10-3-5-11(15-2)6-4-10/h3-6H,7-9,13H2,1-2H3. The van der Waals surface area contributed by atoms with Gasteiger partial charge >= 0.3 is 0 Å². The average Bonchev–Trinajstić information content (AvgIpc) is 2.25. The molecule has 0 amide bonds. The Morgan fingerprint density at radius 2 is 1.93 bits per heavy atom. The maximum absolute atomic E-state index is 5.88. The molecule has 0 radical (unpaired) electrons. The zero-order chi connectivity index (χ0) is 10.9. The molecular formula is C12H18N2O. The summed E-state index contributed by atoms with van der Waals surface area (Å²) in [5.74, 6) is 0.901. The second-order valence-corrected chi connectivity index (χ2v) is 4.39. The molecule has 0 saturated carbocycles. The molecule has 1 aliphatic heterocycles. The summed E-state index contributed by atoms with van der Waals surface area (Å²) in [6, 6.07) is 8.26. The molecule has 0 bridgehead atoms. The van der Waals surface area contributed by atoms with E-state index in [0.717, 1.165) is 18.8 Å². The Bertz CT molecular complexity index is 328. The lowest BCUT2D eigenvalue weighted by molar-refractivity contribution is 0.100. The summed E-state index contributed by atoms with van der Waals surface area (Å²) >= 11 is 0. The van der Waals surface area contributed by atoms with Crippen molar-refractivity contribution >= 4 is 0 Å². The summed E-state index contributed by atoms with van der Waals surface area (Å²) in [4.78, 5) is 2.29. The van der Waals surface area contributed by atoms with E-state index in [1.165, 1.54) is 5.56 Å². The van der Waals surface area contributed by atoms with Crippen molar-refractivity contribution in [2.24, 2.45) is 5.73 Å². The van der Waals surface area contributed by atoms with E-state index >= 15 is 0 Å². The van der Waals surface area contributed by atoms with E-state index in [9.17, 15) is 0 Å². The molecule has 1 aromatic carbocycles. The van der Waals surface area contributed by atoms with Crippen LogP contribution in [0.15, 0.2) is 24.3 Å². The summed E-state index contributed by atoms with van der Waals surface area (Å²) in [7, 11) is 3.81. The Labute approximate surface area is 90.8 Å². The number of benzene rings is 1. The van der Waals surface area contributed by atoms with Gasteiger partial charge in [0.15, 0.2) is 0 Å². The third-order valence-corrected chi connectivity index (χ3v) is 3.24. The minimum absolute atomic E-state index is 0.168. The van der Waals surface area contributed by atoms with Gasteiger partial charge in [0.1, 0.15) is 5.75 Å². The SMILES string of the molecule is COc1ccc(C2(CN)CN(C)C2)cc1. The largest absolute Gasteiger partial charge is 0.497 e. The van der Waals surface area contributed by atoms with Crippen molar-refractivity contribution in [3.05, 3.63) is 29.8 Å². The Morgan fingerprint density at radius 3 is 2.33 bits per heavy atom. The van der Waals surface area contributed by atoms with Crippen LogP contribution in [-0.2, 0) is 5.41 Å². The Hall–Kier alpha value is -1.06. The fourth-order valence-corrected chi connectivity index (χ4v) is 2.36. The van der Waals surface area contributed by atoms with E-state index in [0.29, 0.717) is 6.54 Å². The van der Waals surface area contributed by atoms with Crippen molar-refractivity contribution < 1.29 is 4.74 Å². The molecule has 0 aromatic heterocycles. The number of rotatable bonds is 3. The summed E-state index contributed by atoms with van der Waals surface area (Å²) in [6.07, 6.45) is 0. The summed E-state index contributed by atoms with van der Waals surface area (Å²) in [5.41, 5.74) is 7.37. The highest BCUT2D eigenvalue weighted by Gasteiger charge is 2.41. The molecule has 15 heavy (non-hydrogen) atoms. The van der Waals surface area contributed by atoms with Gasteiger partial charge in [0.2, 0.25) is 0 Å². The summed E-state index contributed by atoms with van der Waals surface area (Å²) in [5, 5.41) is 0. The highest BCUT2D eigenvalue weighted by atomic mass is 16.5. The lowest BCUT2D eigenvalue weighted by atomic mass is 9.74. The Kier molecular flexibility index (Phi) is 2.67. The van der Waals surface area contributed by atoms with Crippen molar-refractivity contribution in [3.63, 3.8) is 0 Å². The third kappa shape index (κ3) is 1.73. The molecule has 0 atom stereocenters. The molecule has 3 heteroatoms. The molecule has 1 fully saturated rings. The van der Waals surface area contributed by atoms with E-state index in [1.807, 2.05) is 12.1 Å². The van der Waals surface area contributed by atoms with Crippen molar-refractivity contribution in [1.29, 1.82) is 0 Å². The number of likely N-dealkylation sites (tertiary alicyclic amines) is 1. The van der Waals surface area contributed by atoms with Gasteiger partial charge in [-0.15, -0.1) is 0 Å². The van der Waals surface area contributed by atoms with E-state index in [1.54, 1.807) is 7.11 Å². The molecule has 0 unspecified atom stereocenters. The molecule has 2 rings (SSSR count). The number of nitrogens with zero attached hydrogens (tertiary/aromatic N) is 1. The van der Waals surface area contributed by atoms with Gasteiger partial charge in [-0.3, -0.25) is 0 Å². The highest BCUT2D eigenvalue weighted by molar-refractivity contribution is 5.35. The van der Waals surface area contributed by atoms with Gasteiger partial charge in [-0.1, -0.05) is 12.1 Å². The Morgan fingerprint density at radius 1 is 1.33 bits per heavy atom. The molecule has 1 aliphatic rings. The molecular weight excluding hydrogens is 188 g/mol. The van der Waals surface area contributed by atoms with E-state index < -0.39 is 0 Å². The van der Waals surface area contributed by atoms with Gasteiger partial charge in [0.25, 0.3) is 0 Å². The average molecular weight is 206 g/mol. The fourth-order valence-electron chi connectivity index (χ4n) is 2.36. The maximum Gasteiger partial charge on any atom is 0.118 e. The van der Waals surface area contributed by atoms with Crippen molar-refractivity contribution in [2.45, 2.75) is 5.41 Å². The smallest absolute Gasteiger partial charge is 0.118 e. The zero-order valence-electron chi connectivity index (χ0n) is 9.36. The zero-order valence-corrected chi connectivity index (χ0v) is 9.36. The van der Waals surface area contributed by atoms with Gasteiger partial charge in [-0.2, -0.15) is 0 Å². The summed E-state index contributed by atoms with van der Waals surface area (Å²) < 4.78 is 5.15. The van der Waals surface area contributed by atoms with Crippen LogP contribution in [0.3, 0.4) is 0 Å². The first-order chi connectivity index (χ1) is 7.20. The topological polar surface area (TPSA) is 38.5 Å². The van der Waals surface area contributed by atoms with E-state index in [4.69, 9.17) is 10.5 Å². The lowest BCUT2D eigenvalue weighted by Crippen LogP contribution is -2.61. The quantitative estimate of drug-likeness (QED) is 0.796. The minimum atomic E-state index is 0.168. The minimum Gasteiger partial charge on any atom is -0.497 e. The second kappa shape index (κ2) is 3.83. The first kappa shape index (κ1) is 10.5. The van der Waals surface area contributed by atoms with Crippen LogP contribution in [0.25, 0.3) is 0 Å². The van der Waals surface area contributed by atoms with Gasteiger partial charge in [-0.05, 0) is 24.7 Å². The number of nitrogens with two attached hydrogens (primary N) is 1. The van der Waals surface area contributed by atoms with Crippen molar-refractivity contribution in [1.82, 2.24) is 4.90 Å². The molecule has 1 heterocycles. The molecule has 82 valence electrons. The molecule has 1 aromatic rings. The van der Waals surface area contributed by atoms with Gasteiger partial charge in [0, 0.05) is 25.0 Å². The first-order valence-corrected chi connectivity index (χ1v) is 5.23. The molecule has 0 aliphatic carbocycles. The fraction of sp³-hybridized carbons (Fsp3) is 0.500. The first-order valence-electron chi connectivity index (χ1n) is 5.23. The number of hydrogen-bond donors (Lipinski definition) is 1. The molecule has 3 nitrogen and oxygen atoms in total. The summed E-state index contributed by atoms with van der Waals surface area (Å²) in [6.45, 7) is 2.81. The molecule has 1 saturated heterocycles. The predicted octanol–water partition coefficient (Wildman–Crippen LogP) is 0.837. The normalized spacial score (nSPS) is 19.7. The van der Waals surface area contributed by atoms with E-state index in [2.05, 4.69) is 24.1 Å². The molecule has 2 N–H and O–H groups in total. The van der Waals surface area contributed by atoms with Crippen LogP contribution in [0.4, 0.5) is 0 Å². The van der Waals surface area contributed by atoms with Crippen LogP contribution in [0.1, 0.15) is 5.56 Å². The van der Waals surface area contributed by atoms with Crippen LogP contribution in [-0.4, -0.2) is 38.7 Å². The maximum atomic E-state index is 5.88. The van der Waals surface area contributed by atoms with Crippen molar-refractivity contribution in [3.8, 4) is 5.75 Å². The number of likely N-dealkylation sites (N-methyl/N-ethyl adjacent to an activating group) is 1. The lowest BCUT2D eigenvalue weighted by Gasteiger charge is -2.48. The van der Waals surface area contributed by atoms with Crippen LogP contribution in [0, 0.1) is 0 Å². The van der Waals surface area contributed by atoms with Crippen LogP contribution >= 0.6 is 0 Å². The van der Waals surface area contributed by atoms with E-state index in [-0.39, 0.29) is 5.41 Å².